The van der Waals surface area contributed by atoms with Crippen LogP contribution in [0.25, 0.3) is 0 Å². The van der Waals surface area contributed by atoms with Crippen LogP contribution in [0.15, 0.2) is 60.7 Å². The summed E-state index contributed by atoms with van der Waals surface area (Å²) in [6.07, 6.45) is 1.73. The van der Waals surface area contributed by atoms with E-state index in [9.17, 15) is 0 Å². The molecule has 0 atom stereocenters. The second kappa shape index (κ2) is 8.39. The molecule has 2 aromatic rings. The Morgan fingerprint density at radius 1 is 0.500 bits per heavy atom. The summed E-state index contributed by atoms with van der Waals surface area (Å²) in [6.45, 7) is 17.5. The van der Waals surface area contributed by atoms with Crippen LogP contribution in [0.5, 0.6) is 0 Å². The van der Waals surface area contributed by atoms with Crippen LogP contribution >= 0.6 is 0 Å². The summed E-state index contributed by atoms with van der Waals surface area (Å²) in [5.74, 6) is 0. The quantitative estimate of drug-likeness (QED) is 0.336. The SMILES string of the molecule is CC(C)(CC(C)(C)c1ccccc1)OOC(C)(C)CC(C)(C)c1ccccc1. The van der Waals surface area contributed by atoms with Gasteiger partial charge < -0.3 is 0 Å². The molecular formula is C26H38O2. The van der Waals surface area contributed by atoms with Gasteiger partial charge in [0.15, 0.2) is 0 Å². The van der Waals surface area contributed by atoms with E-state index in [1.165, 1.54) is 11.1 Å². The summed E-state index contributed by atoms with van der Waals surface area (Å²) >= 11 is 0. The molecule has 0 aliphatic heterocycles. The maximum atomic E-state index is 6.03. The Hall–Kier alpha value is -1.64. The van der Waals surface area contributed by atoms with Crippen molar-refractivity contribution in [3.63, 3.8) is 0 Å². The molecular weight excluding hydrogens is 344 g/mol. The maximum Gasteiger partial charge on any atom is 0.0988 e. The highest BCUT2D eigenvalue weighted by atomic mass is 17.2. The third-order valence-electron chi connectivity index (χ3n) is 5.34. The number of benzene rings is 2. The molecule has 154 valence electrons. The predicted molar refractivity (Wildman–Crippen MR) is 118 cm³/mol. The second-order valence-electron chi connectivity index (χ2n) is 10.5. The first-order chi connectivity index (χ1) is 12.8. The molecule has 0 saturated carbocycles. The van der Waals surface area contributed by atoms with Gasteiger partial charge in [0.1, 0.15) is 0 Å². The van der Waals surface area contributed by atoms with E-state index >= 15 is 0 Å². The molecule has 2 rings (SSSR count). The van der Waals surface area contributed by atoms with Crippen molar-refractivity contribution >= 4 is 0 Å². The number of hydrogen-bond donors (Lipinski definition) is 0. The fourth-order valence-corrected chi connectivity index (χ4v) is 4.40. The Balaban J connectivity index is 2.00. The van der Waals surface area contributed by atoms with Gasteiger partial charge in [0.2, 0.25) is 0 Å². The van der Waals surface area contributed by atoms with Crippen molar-refractivity contribution in [2.75, 3.05) is 0 Å². The predicted octanol–water partition coefficient (Wildman–Crippen LogP) is 7.23. The van der Waals surface area contributed by atoms with E-state index in [-0.39, 0.29) is 10.8 Å². The molecule has 0 heterocycles. The minimum absolute atomic E-state index is 0.00156. The summed E-state index contributed by atoms with van der Waals surface area (Å²) < 4.78 is 0. The summed E-state index contributed by atoms with van der Waals surface area (Å²) in [5, 5.41) is 0. The molecule has 0 bridgehead atoms. The fourth-order valence-electron chi connectivity index (χ4n) is 4.40. The van der Waals surface area contributed by atoms with Crippen LogP contribution in [0, 0.1) is 0 Å². The first-order valence-corrected chi connectivity index (χ1v) is 10.3. The highest BCUT2D eigenvalue weighted by Gasteiger charge is 2.36. The molecule has 0 N–H and O–H groups in total. The highest BCUT2D eigenvalue weighted by molar-refractivity contribution is 5.25. The van der Waals surface area contributed by atoms with Crippen LogP contribution in [0.2, 0.25) is 0 Å². The van der Waals surface area contributed by atoms with Crippen LogP contribution in [-0.4, -0.2) is 11.2 Å². The van der Waals surface area contributed by atoms with E-state index in [4.69, 9.17) is 9.78 Å². The molecule has 2 nitrogen and oxygen atoms in total. The Morgan fingerprint density at radius 2 is 0.786 bits per heavy atom. The molecule has 0 unspecified atom stereocenters. The van der Waals surface area contributed by atoms with Gasteiger partial charge in [-0.2, -0.15) is 0 Å². The smallest absolute Gasteiger partial charge is 0.0988 e. The molecule has 0 radical (unpaired) electrons. The highest BCUT2D eigenvalue weighted by Crippen LogP contribution is 2.37. The van der Waals surface area contributed by atoms with Gasteiger partial charge >= 0.3 is 0 Å². The van der Waals surface area contributed by atoms with E-state index in [2.05, 4.69) is 116 Å². The van der Waals surface area contributed by atoms with Crippen molar-refractivity contribution in [2.24, 2.45) is 0 Å². The fraction of sp³-hybridized carbons (Fsp3) is 0.538. The topological polar surface area (TPSA) is 18.5 Å². The molecule has 0 spiro atoms. The average Bonchev–Trinajstić information content (AvgIpc) is 2.60. The summed E-state index contributed by atoms with van der Waals surface area (Å²) in [7, 11) is 0. The minimum Gasteiger partial charge on any atom is -0.230 e. The van der Waals surface area contributed by atoms with Gasteiger partial charge in [-0.05, 0) is 62.5 Å². The van der Waals surface area contributed by atoms with Gasteiger partial charge in [0.25, 0.3) is 0 Å². The lowest BCUT2D eigenvalue weighted by atomic mass is 9.76. The van der Waals surface area contributed by atoms with Gasteiger partial charge in [0.05, 0.1) is 11.2 Å². The molecule has 0 saturated heterocycles. The first-order valence-electron chi connectivity index (χ1n) is 10.3. The van der Waals surface area contributed by atoms with Crippen molar-refractivity contribution < 1.29 is 9.78 Å². The Kier molecular flexibility index (Phi) is 6.78. The Morgan fingerprint density at radius 3 is 1.07 bits per heavy atom. The van der Waals surface area contributed by atoms with Crippen molar-refractivity contribution in [3.8, 4) is 0 Å². The molecule has 0 aromatic heterocycles. The average molecular weight is 383 g/mol. The minimum atomic E-state index is -0.395. The van der Waals surface area contributed by atoms with E-state index in [1.807, 2.05) is 0 Å². The first kappa shape index (κ1) is 22.6. The van der Waals surface area contributed by atoms with Gasteiger partial charge in [-0.25, -0.2) is 9.78 Å². The van der Waals surface area contributed by atoms with Crippen molar-refractivity contribution in [1.29, 1.82) is 0 Å². The van der Waals surface area contributed by atoms with Gasteiger partial charge in [-0.3, -0.25) is 0 Å². The van der Waals surface area contributed by atoms with Crippen LogP contribution in [0.1, 0.15) is 79.4 Å². The second-order valence-corrected chi connectivity index (χ2v) is 10.5. The lowest BCUT2D eigenvalue weighted by Gasteiger charge is -2.39. The molecule has 2 heteroatoms. The van der Waals surface area contributed by atoms with E-state index in [0.717, 1.165) is 12.8 Å². The van der Waals surface area contributed by atoms with Crippen LogP contribution in [-0.2, 0) is 20.6 Å². The number of hydrogen-bond acceptors (Lipinski definition) is 2. The Labute approximate surface area is 172 Å². The van der Waals surface area contributed by atoms with E-state index in [1.54, 1.807) is 0 Å². The van der Waals surface area contributed by atoms with Crippen molar-refractivity contribution in [1.82, 2.24) is 0 Å². The van der Waals surface area contributed by atoms with Crippen molar-refractivity contribution in [2.45, 2.75) is 90.3 Å². The summed E-state index contributed by atoms with van der Waals surface area (Å²) in [4.78, 5) is 12.1. The number of rotatable bonds is 9. The Bertz CT molecular complexity index is 662. The molecule has 28 heavy (non-hydrogen) atoms. The molecule has 0 aliphatic carbocycles. The molecule has 0 amide bonds. The summed E-state index contributed by atoms with van der Waals surface area (Å²) in [5.41, 5.74) is 1.84. The summed E-state index contributed by atoms with van der Waals surface area (Å²) in [6, 6.07) is 21.2. The standard InChI is InChI=1S/C26H38O2/c1-23(2,21-15-11-9-12-16-21)19-25(5,6)27-28-26(7,8)20-24(3,4)22-17-13-10-14-18-22/h9-18H,19-20H2,1-8H3. The largest absolute Gasteiger partial charge is 0.230 e. The van der Waals surface area contributed by atoms with Crippen LogP contribution in [0.3, 0.4) is 0 Å². The van der Waals surface area contributed by atoms with Crippen LogP contribution < -0.4 is 0 Å². The van der Waals surface area contributed by atoms with Gasteiger partial charge in [0, 0.05) is 0 Å². The zero-order chi connectivity index (χ0) is 21.1. The van der Waals surface area contributed by atoms with Crippen LogP contribution in [0.4, 0.5) is 0 Å². The van der Waals surface area contributed by atoms with E-state index in [0.29, 0.717) is 0 Å². The van der Waals surface area contributed by atoms with E-state index < -0.39 is 11.2 Å². The van der Waals surface area contributed by atoms with Gasteiger partial charge in [-0.1, -0.05) is 88.4 Å². The normalized spacial score (nSPS) is 13.6. The van der Waals surface area contributed by atoms with Gasteiger partial charge in [-0.15, -0.1) is 0 Å². The molecule has 0 fully saturated rings. The zero-order valence-electron chi connectivity index (χ0n) is 19.0. The lowest BCUT2D eigenvalue weighted by molar-refractivity contribution is -0.405. The molecule has 2 aromatic carbocycles. The molecule has 0 aliphatic rings. The monoisotopic (exact) mass is 382 g/mol. The third kappa shape index (κ3) is 6.46. The lowest BCUT2D eigenvalue weighted by Crippen LogP contribution is -2.40. The maximum absolute atomic E-state index is 6.03. The van der Waals surface area contributed by atoms with Crippen molar-refractivity contribution in [3.05, 3.63) is 71.8 Å². The third-order valence-corrected chi connectivity index (χ3v) is 5.34. The zero-order valence-corrected chi connectivity index (χ0v) is 19.0.